The van der Waals surface area contributed by atoms with Gasteiger partial charge in [0.2, 0.25) is 5.91 Å². The Labute approximate surface area is 167 Å². The van der Waals surface area contributed by atoms with Gasteiger partial charge >= 0.3 is 0 Å². The molecular weight excluding hydrogens is 360 g/mol. The molecule has 6 nitrogen and oxygen atoms in total. The highest BCUT2D eigenvalue weighted by Crippen LogP contribution is 2.31. The van der Waals surface area contributed by atoms with Crippen molar-refractivity contribution in [2.24, 2.45) is 0 Å². The largest absolute Gasteiger partial charge is 0.385 e. The molecule has 1 aliphatic carbocycles. The lowest BCUT2D eigenvalue weighted by Gasteiger charge is -2.24. The van der Waals surface area contributed by atoms with Gasteiger partial charge in [-0.15, -0.1) is 0 Å². The second-order valence-electron chi connectivity index (χ2n) is 7.33. The van der Waals surface area contributed by atoms with Crippen LogP contribution in [0.15, 0.2) is 0 Å². The van der Waals surface area contributed by atoms with Gasteiger partial charge in [-0.05, 0) is 58.4 Å². The maximum absolute atomic E-state index is 12.7. The van der Waals surface area contributed by atoms with E-state index < -0.39 is 0 Å². The van der Waals surface area contributed by atoms with Crippen molar-refractivity contribution < 1.29 is 9.53 Å². The van der Waals surface area contributed by atoms with Gasteiger partial charge in [0, 0.05) is 37.2 Å². The number of anilines is 1. The monoisotopic (exact) mass is 392 g/mol. The van der Waals surface area contributed by atoms with Gasteiger partial charge in [-0.1, -0.05) is 0 Å². The number of likely N-dealkylation sites (N-methyl/N-ethyl adjacent to an activating group) is 1. The van der Waals surface area contributed by atoms with Crippen molar-refractivity contribution in [3.05, 3.63) is 16.8 Å². The Morgan fingerprint density at radius 1 is 1.44 bits per heavy atom. The quantitative estimate of drug-likeness (QED) is 0.654. The Kier molecular flexibility index (Phi) is 8.21. The summed E-state index contributed by atoms with van der Waals surface area (Å²) in [7, 11) is 3.70. The van der Waals surface area contributed by atoms with Gasteiger partial charge in [-0.25, -0.2) is 0 Å². The van der Waals surface area contributed by atoms with Crippen molar-refractivity contribution >= 4 is 23.5 Å². The Morgan fingerprint density at radius 3 is 2.78 bits per heavy atom. The molecule has 0 radical (unpaired) electrons. The highest BCUT2D eigenvalue weighted by atomic mass is 32.2. The molecule has 1 fully saturated rings. The minimum atomic E-state index is -0.0629. The third-order valence-corrected chi connectivity index (χ3v) is 6.73. The number of hydrogen-bond donors (Lipinski definition) is 1. The SMILES string of the molecule is COCCCn1c(C)c(C)c(C#N)c1NC(=O)CN(C)[C@H]1CC[C@H](SC)C1. The average Bonchev–Trinajstić information content (AvgIpc) is 3.21. The first kappa shape index (κ1) is 21.8. The van der Waals surface area contributed by atoms with Crippen LogP contribution in [-0.4, -0.2) is 60.2 Å². The zero-order valence-electron chi connectivity index (χ0n) is 17.2. The summed E-state index contributed by atoms with van der Waals surface area (Å²) in [5.41, 5.74) is 2.51. The van der Waals surface area contributed by atoms with Gasteiger partial charge < -0.3 is 14.6 Å². The van der Waals surface area contributed by atoms with E-state index in [2.05, 4.69) is 22.5 Å². The summed E-state index contributed by atoms with van der Waals surface area (Å²) in [5, 5.41) is 13.3. The minimum absolute atomic E-state index is 0.0629. The molecule has 0 bridgehead atoms. The molecule has 150 valence electrons. The van der Waals surface area contributed by atoms with Crippen LogP contribution in [0, 0.1) is 25.2 Å². The van der Waals surface area contributed by atoms with Gasteiger partial charge in [-0.3, -0.25) is 9.69 Å². The number of nitrogens with zero attached hydrogens (tertiary/aromatic N) is 3. The molecule has 1 aromatic heterocycles. The summed E-state index contributed by atoms with van der Waals surface area (Å²) in [6, 6.07) is 2.72. The molecule has 2 rings (SSSR count). The second kappa shape index (κ2) is 10.2. The maximum atomic E-state index is 12.7. The van der Waals surface area contributed by atoms with Crippen LogP contribution in [-0.2, 0) is 16.1 Å². The van der Waals surface area contributed by atoms with Gasteiger partial charge in [-0.2, -0.15) is 17.0 Å². The van der Waals surface area contributed by atoms with Crippen molar-refractivity contribution in [1.29, 1.82) is 5.26 Å². The smallest absolute Gasteiger partial charge is 0.239 e. The molecule has 1 saturated carbocycles. The molecule has 0 unspecified atom stereocenters. The number of amides is 1. The molecule has 1 heterocycles. The van der Waals surface area contributed by atoms with Gasteiger partial charge in [0.15, 0.2) is 0 Å². The van der Waals surface area contributed by atoms with E-state index >= 15 is 0 Å². The number of methoxy groups -OCH3 is 1. The lowest BCUT2D eigenvalue weighted by atomic mass is 10.2. The van der Waals surface area contributed by atoms with E-state index in [1.165, 1.54) is 6.42 Å². The summed E-state index contributed by atoms with van der Waals surface area (Å²) in [6.07, 6.45) is 6.49. The number of hydrogen-bond acceptors (Lipinski definition) is 5. The Balaban J connectivity index is 2.07. The normalized spacial score (nSPS) is 19.4. The van der Waals surface area contributed by atoms with Crippen molar-refractivity contribution in [3.63, 3.8) is 0 Å². The Morgan fingerprint density at radius 2 is 2.19 bits per heavy atom. The molecule has 0 spiro atoms. The van der Waals surface area contributed by atoms with Crippen molar-refractivity contribution in [2.45, 2.75) is 57.4 Å². The van der Waals surface area contributed by atoms with Gasteiger partial charge in [0.25, 0.3) is 0 Å². The molecule has 7 heteroatoms. The van der Waals surface area contributed by atoms with Gasteiger partial charge in [0.05, 0.1) is 12.1 Å². The number of nitriles is 1. The van der Waals surface area contributed by atoms with Crippen LogP contribution in [0.1, 0.15) is 42.5 Å². The highest BCUT2D eigenvalue weighted by molar-refractivity contribution is 7.99. The zero-order valence-corrected chi connectivity index (χ0v) is 18.0. The van der Waals surface area contributed by atoms with Gasteiger partial charge in [0.1, 0.15) is 11.9 Å². The van der Waals surface area contributed by atoms with E-state index in [1.54, 1.807) is 7.11 Å². The highest BCUT2D eigenvalue weighted by Gasteiger charge is 2.28. The molecule has 1 aromatic rings. The fourth-order valence-electron chi connectivity index (χ4n) is 3.84. The lowest BCUT2D eigenvalue weighted by Crippen LogP contribution is -2.37. The standard InChI is InChI=1S/C20H32N4O2S/c1-14-15(2)24(9-6-10-26-4)20(18(14)12-21)22-19(25)13-23(3)16-7-8-17(11-16)27-5/h16-17H,6-11,13H2,1-5H3,(H,22,25)/t16-,17-/m0/s1. The number of ether oxygens (including phenoxy) is 1. The van der Waals surface area contributed by atoms with Crippen LogP contribution in [0.3, 0.4) is 0 Å². The van der Waals surface area contributed by atoms with Crippen molar-refractivity contribution in [1.82, 2.24) is 9.47 Å². The number of carbonyl (C=O) groups is 1. The number of carbonyl (C=O) groups excluding carboxylic acids is 1. The number of nitrogens with one attached hydrogen (secondary N) is 1. The number of aromatic nitrogens is 1. The fraction of sp³-hybridized carbons (Fsp3) is 0.700. The first-order chi connectivity index (χ1) is 12.9. The maximum Gasteiger partial charge on any atom is 0.239 e. The predicted octanol–water partition coefficient (Wildman–Crippen LogP) is 3.17. The van der Waals surface area contributed by atoms with E-state index in [4.69, 9.17) is 4.74 Å². The zero-order chi connectivity index (χ0) is 20.0. The third-order valence-electron chi connectivity index (χ3n) is 5.64. The van der Waals surface area contributed by atoms with Crippen LogP contribution in [0.5, 0.6) is 0 Å². The molecule has 1 amide bonds. The average molecular weight is 393 g/mol. The molecule has 1 aliphatic rings. The molecule has 2 atom stereocenters. The molecule has 1 N–H and O–H groups in total. The van der Waals surface area contributed by atoms with Crippen LogP contribution in [0.25, 0.3) is 0 Å². The van der Waals surface area contributed by atoms with Crippen LogP contribution < -0.4 is 5.32 Å². The molecule has 0 aromatic carbocycles. The Hall–Kier alpha value is -1.49. The molecule has 0 aliphatic heterocycles. The fourth-order valence-corrected chi connectivity index (χ4v) is 4.62. The topological polar surface area (TPSA) is 70.3 Å². The van der Waals surface area contributed by atoms with Crippen LogP contribution >= 0.6 is 11.8 Å². The van der Waals surface area contributed by atoms with E-state index in [9.17, 15) is 10.1 Å². The van der Waals surface area contributed by atoms with Crippen LogP contribution in [0.4, 0.5) is 5.82 Å². The number of thioether (sulfide) groups is 1. The second-order valence-corrected chi connectivity index (χ2v) is 8.47. The predicted molar refractivity (Wildman–Crippen MR) is 111 cm³/mol. The first-order valence-corrected chi connectivity index (χ1v) is 10.8. The third kappa shape index (κ3) is 5.28. The van der Waals surface area contributed by atoms with E-state index in [0.717, 1.165) is 30.5 Å². The van der Waals surface area contributed by atoms with Crippen LogP contribution in [0.2, 0.25) is 0 Å². The lowest BCUT2D eigenvalue weighted by molar-refractivity contribution is -0.117. The minimum Gasteiger partial charge on any atom is -0.385 e. The summed E-state index contributed by atoms with van der Waals surface area (Å²) < 4.78 is 7.17. The number of rotatable bonds is 9. The first-order valence-electron chi connectivity index (χ1n) is 9.54. The van der Waals surface area contributed by atoms with Crippen molar-refractivity contribution in [3.8, 4) is 6.07 Å². The molecular formula is C20H32N4O2S. The summed E-state index contributed by atoms with van der Waals surface area (Å²) in [4.78, 5) is 14.8. The van der Waals surface area contributed by atoms with E-state index in [1.807, 2.05) is 37.2 Å². The van der Waals surface area contributed by atoms with Crippen molar-refractivity contribution in [2.75, 3.05) is 38.9 Å². The summed E-state index contributed by atoms with van der Waals surface area (Å²) >= 11 is 1.92. The van der Waals surface area contributed by atoms with E-state index in [0.29, 0.717) is 42.4 Å². The summed E-state index contributed by atoms with van der Waals surface area (Å²) in [5.74, 6) is 0.558. The summed E-state index contributed by atoms with van der Waals surface area (Å²) in [6.45, 7) is 5.63. The molecule has 27 heavy (non-hydrogen) atoms. The van der Waals surface area contributed by atoms with E-state index in [-0.39, 0.29) is 5.91 Å². The molecule has 0 saturated heterocycles. The Bertz CT molecular complexity index is 695.